The van der Waals surface area contributed by atoms with Gasteiger partial charge in [0.15, 0.2) is 0 Å². The molecule has 1 heteroatoms. The summed E-state index contributed by atoms with van der Waals surface area (Å²) >= 11 is 4.66. The minimum absolute atomic E-state index is 0.569. The lowest BCUT2D eigenvalue weighted by Gasteiger charge is -2.28. The van der Waals surface area contributed by atoms with E-state index >= 15 is 0 Å². The van der Waals surface area contributed by atoms with E-state index in [9.17, 15) is 0 Å². The fourth-order valence-electron chi connectivity index (χ4n) is 2.34. The van der Waals surface area contributed by atoms with Crippen LogP contribution >= 0.6 is 12.6 Å². The summed E-state index contributed by atoms with van der Waals surface area (Å²) in [6.45, 7) is 7.25. The highest BCUT2D eigenvalue weighted by Crippen LogP contribution is 2.34. The summed E-state index contributed by atoms with van der Waals surface area (Å²) in [5.74, 6) is 0.905. The Hall–Kier alpha value is 0.350. The van der Waals surface area contributed by atoms with Crippen LogP contribution in [0.2, 0.25) is 0 Å². The van der Waals surface area contributed by atoms with Crippen molar-refractivity contribution in [3.8, 4) is 0 Å². The van der Waals surface area contributed by atoms with Gasteiger partial charge < -0.3 is 0 Å². The first-order chi connectivity index (χ1) is 6.49. The van der Waals surface area contributed by atoms with E-state index in [4.69, 9.17) is 0 Å². The first kappa shape index (κ1) is 12.4. The lowest BCUT2D eigenvalue weighted by atomic mass is 9.79. The van der Waals surface area contributed by atoms with Crippen molar-refractivity contribution >= 4 is 12.6 Å². The normalized spacial score (nSPS) is 35.1. The van der Waals surface area contributed by atoms with Crippen LogP contribution in [0, 0.1) is 11.3 Å². The maximum Gasteiger partial charge on any atom is 0.00169 e. The summed E-state index contributed by atoms with van der Waals surface area (Å²) in [6, 6.07) is 0. The molecule has 0 aromatic rings. The van der Waals surface area contributed by atoms with Crippen LogP contribution in [0.1, 0.15) is 65.7 Å². The molecular formula is C13H26S. The van der Waals surface area contributed by atoms with Gasteiger partial charge in [0.05, 0.1) is 0 Å². The van der Waals surface area contributed by atoms with Crippen LogP contribution in [0.5, 0.6) is 0 Å². The second kappa shape index (κ2) is 5.44. The number of hydrogen-bond donors (Lipinski definition) is 1. The van der Waals surface area contributed by atoms with Crippen molar-refractivity contribution in [2.75, 3.05) is 0 Å². The Balaban J connectivity index is 2.45. The van der Waals surface area contributed by atoms with E-state index in [1.807, 2.05) is 0 Å². The van der Waals surface area contributed by atoms with E-state index in [2.05, 4.69) is 33.4 Å². The van der Waals surface area contributed by atoms with Gasteiger partial charge in [-0.1, -0.05) is 33.6 Å². The highest BCUT2D eigenvalue weighted by Gasteiger charge is 2.20. The zero-order valence-electron chi connectivity index (χ0n) is 10.1. The lowest BCUT2D eigenvalue weighted by Crippen LogP contribution is -2.16. The van der Waals surface area contributed by atoms with Crippen LogP contribution in [0.15, 0.2) is 0 Å². The molecule has 0 spiro atoms. The van der Waals surface area contributed by atoms with Gasteiger partial charge in [0.1, 0.15) is 0 Å². The monoisotopic (exact) mass is 214 g/mol. The number of rotatable bonds is 0. The van der Waals surface area contributed by atoms with Gasteiger partial charge in [-0.3, -0.25) is 0 Å². The summed E-state index contributed by atoms with van der Waals surface area (Å²) in [5, 5.41) is 0.659. The summed E-state index contributed by atoms with van der Waals surface area (Å²) in [6.07, 6.45) is 9.60. The standard InChI is InChI=1S/C13H26S/c1-11-6-7-12(14)5-4-9-13(2,3)10-8-11/h11-12,14H,4-10H2,1-3H3. The molecule has 1 aliphatic carbocycles. The molecule has 0 heterocycles. The van der Waals surface area contributed by atoms with Crippen molar-refractivity contribution < 1.29 is 0 Å². The molecule has 0 aliphatic heterocycles. The molecule has 14 heavy (non-hydrogen) atoms. The lowest BCUT2D eigenvalue weighted by molar-refractivity contribution is 0.254. The van der Waals surface area contributed by atoms with Crippen LogP contribution in [0.3, 0.4) is 0 Å². The molecule has 0 saturated heterocycles. The van der Waals surface area contributed by atoms with E-state index in [-0.39, 0.29) is 0 Å². The highest BCUT2D eigenvalue weighted by molar-refractivity contribution is 7.80. The molecule has 1 aliphatic rings. The van der Waals surface area contributed by atoms with Crippen LogP contribution < -0.4 is 0 Å². The summed E-state index contributed by atoms with van der Waals surface area (Å²) in [7, 11) is 0. The van der Waals surface area contributed by atoms with E-state index < -0.39 is 0 Å². The molecule has 0 radical (unpaired) electrons. The quantitative estimate of drug-likeness (QED) is 0.556. The van der Waals surface area contributed by atoms with Crippen molar-refractivity contribution in [2.45, 2.75) is 71.0 Å². The van der Waals surface area contributed by atoms with Crippen molar-refractivity contribution in [1.82, 2.24) is 0 Å². The first-order valence-electron chi connectivity index (χ1n) is 6.18. The van der Waals surface area contributed by atoms with Crippen molar-refractivity contribution in [2.24, 2.45) is 11.3 Å². The molecule has 84 valence electrons. The van der Waals surface area contributed by atoms with Crippen molar-refractivity contribution in [3.05, 3.63) is 0 Å². The predicted octanol–water partition coefficient (Wildman–Crippen LogP) is 4.69. The molecule has 2 atom stereocenters. The third-order valence-electron chi connectivity index (χ3n) is 3.70. The Bertz CT molecular complexity index is 163. The average molecular weight is 214 g/mol. The largest absolute Gasteiger partial charge is 0.176 e. The maximum atomic E-state index is 4.66. The Morgan fingerprint density at radius 3 is 2.43 bits per heavy atom. The average Bonchev–Trinajstić information content (AvgIpc) is 2.10. The molecule has 0 aromatic heterocycles. The predicted molar refractivity (Wildman–Crippen MR) is 68.0 cm³/mol. The molecule has 2 unspecified atom stereocenters. The topological polar surface area (TPSA) is 0 Å². The van der Waals surface area contributed by atoms with Crippen molar-refractivity contribution in [1.29, 1.82) is 0 Å². The second-order valence-electron chi connectivity index (χ2n) is 5.93. The Morgan fingerprint density at radius 1 is 1.00 bits per heavy atom. The molecule has 1 saturated carbocycles. The van der Waals surface area contributed by atoms with Crippen LogP contribution in [0.25, 0.3) is 0 Å². The van der Waals surface area contributed by atoms with Gasteiger partial charge >= 0.3 is 0 Å². The van der Waals surface area contributed by atoms with Gasteiger partial charge in [-0.25, -0.2) is 0 Å². The summed E-state index contributed by atoms with van der Waals surface area (Å²) in [5.41, 5.74) is 0.569. The SMILES string of the molecule is CC1CCC(S)CCCC(C)(C)CC1. The van der Waals surface area contributed by atoms with E-state index in [1.165, 1.54) is 44.9 Å². The first-order valence-corrected chi connectivity index (χ1v) is 6.69. The highest BCUT2D eigenvalue weighted by atomic mass is 32.1. The van der Waals surface area contributed by atoms with Gasteiger partial charge in [0.25, 0.3) is 0 Å². The zero-order chi connectivity index (χ0) is 10.6. The minimum Gasteiger partial charge on any atom is -0.176 e. The second-order valence-corrected chi connectivity index (χ2v) is 6.66. The molecule has 0 aromatic carbocycles. The molecule has 0 nitrogen and oxygen atoms in total. The fraction of sp³-hybridized carbons (Fsp3) is 1.00. The van der Waals surface area contributed by atoms with Gasteiger partial charge in [0.2, 0.25) is 0 Å². The van der Waals surface area contributed by atoms with Gasteiger partial charge in [-0.15, -0.1) is 0 Å². The Kier molecular flexibility index (Phi) is 4.82. The fourth-order valence-corrected chi connectivity index (χ4v) is 2.68. The van der Waals surface area contributed by atoms with E-state index in [0.717, 1.165) is 5.92 Å². The Labute approximate surface area is 95.3 Å². The van der Waals surface area contributed by atoms with Gasteiger partial charge in [0, 0.05) is 5.25 Å². The van der Waals surface area contributed by atoms with Gasteiger partial charge in [-0.2, -0.15) is 12.6 Å². The van der Waals surface area contributed by atoms with E-state index in [1.54, 1.807) is 0 Å². The van der Waals surface area contributed by atoms with Crippen LogP contribution in [-0.2, 0) is 0 Å². The summed E-state index contributed by atoms with van der Waals surface area (Å²) in [4.78, 5) is 0. The number of hydrogen-bond acceptors (Lipinski definition) is 1. The third kappa shape index (κ3) is 4.72. The molecule has 1 rings (SSSR count). The summed E-state index contributed by atoms with van der Waals surface area (Å²) < 4.78 is 0. The minimum atomic E-state index is 0.569. The number of thiol groups is 1. The molecular weight excluding hydrogens is 188 g/mol. The maximum absolute atomic E-state index is 4.66. The van der Waals surface area contributed by atoms with Crippen LogP contribution in [0.4, 0.5) is 0 Å². The molecule has 0 amide bonds. The molecule has 1 fully saturated rings. The van der Waals surface area contributed by atoms with Crippen LogP contribution in [-0.4, -0.2) is 5.25 Å². The Morgan fingerprint density at radius 2 is 1.71 bits per heavy atom. The smallest absolute Gasteiger partial charge is 0.00169 e. The molecule has 0 bridgehead atoms. The van der Waals surface area contributed by atoms with Gasteiger partial charge in [-0.05, 0) is 43.4 Å². The third-order valence-corrected chi connectivity index (χ3v) is 4.21. The molecule has 0 N–H and O–H groups in total. The zero-order valence-corrected chi connectivity index (χ0v) is 10.9. The van der Waals surface area contributed by atoms with Crippen molar-refractivity contribution in [3.63, 3.8) is 0 Å². The van der Waals surface area contributed by atoms with E-state index in [0.29, 0.717) is 10.7 Å².